The molecule has 3 aliphatic carbocycles. The second-order valence-electron chi connectivity index (χ2n) is 4.13. The summed E-state index contributed by atoms with van der Waals surface area (Å²) in [6.07, 6.45) is 1.14. The van der Waals surface area contributed by atoms with E-state index in [4.69, 9.17) is 10.2 Å². The Morgan fingerprint density at radius 1 is 1.36 bits per heavy atom. The zero-order chi connectivity index (χ0) is 9.80. The molecule has 3 fully saturated rings. The van der Waals surface area contributed by atoms with Crippen LogP contribution in [0.15, 0.2) is 0 Å². The van der Waals surface area contributed by atoms with Crippen molar-refractivity contribution in [3.05, 3.63) is 0 Å². The van der Waals surface area contributed by atoms with E-state index in [1.165, 1.54) is 0 Å². The molecule has 0 aromatic heterocycles. The van der Waals surface area contributed by atoms with E-state index in [1.807, 2.05) is 0 Å². The number of carbonyl (C=O) groups is 2. The van der Waals surface area contributed by atoms with Crippen LogP contribution in [0.25, 0.3) is 0 Å². The minimum atomic E-state index is -1.03. The highest BCUT2D eigenvalue weighted by molar-refractivity contribution is 5.82. The van der Waals surface area contributed by atoms with Crippen LogP contribution in [0.5, 0.6) is 0 Å². The van der Waals surface area contributed by atoms with Gasteiger partial charge in [-0.25, -0.2) is 4.79 Å². The maximum atomic E-state index is 10.9. The first-order chi connectivity index (χ1) is 5.97. The van der Waals surface area contributed by atoms with Gasteiger partial charge in [0.05, 0.1) is 5.92 Å². The molecule has 0 heterocycles. The van der Waals surface area contributed by atoms with Crippen LogP contribution in [0.4, 0.5) is 0 Å². The van der Waals surface area contributed by atoms with Gasteiger partial charge in [0, 0.05) is 12.3 Å². The Hall–Kier alpha value is -0.810. The van der Waals surface area contributed by atoms with Gasteiger partial charge >= 0.3 is 11.9 Å². The number of quaternary nitrogens is 1. The molecule has 5 nitrogen and oxygen atoms in total. The first kappa shape index (κ1) is 11.3. The summed E-state index contributed by atoms with van der Waals surface area (Å²) in [5.74, 6) is -2.51. The topological polar surface area (TPSA) is 102 Å². The summed E-state index contributed by atoms with van der Waals surface area (Å²) >= 11 is 0. The Morgan fingerprint density at radius 3 is 2.21 bits per heavy atom. The molecule has 14 heavy (non-hydrogen) atoms. The fourth-order valence-corrected chi connectivity index (χ4v) is 2.77. The van der Waals surface area contributed by atoms with Gasteiger partial charge in [-0.1, -0.05) is 0 Å². The molecule has 5 N–H and O–H groups in total. The molecule has 4 atom stereocenters. The molecule has 2 bridgehead atoms. The maximum Gasteiger partial charge on any atom is 0.365 e. The molecule has 0 aromatic carbocycles. The summed E-state index contributed by atoms with van der Waals surface area (Å²) in [6.45, 7) is 0. The largest absolute Gasteiger partial charge is 1.00 e. The summed E-state index contributed by atoms with van der Waals surface area (Å²) in [7, 11) is 0. The van der Waals surface area contributed by atoms with E-state index in [9.17, 15) is 9.59 Å². The van der Waals surface area contributed by atoms with E-state index in [-0.39, 0.29) is 24.2 Å². The fraction of sp³-hybridized carbons (Fsp3) is 0.750. The van der Waals surface area contributed by atoms with E-state index in [0.29, 0.717) is 12.8 Å². The Labute approximate surface area is 86.7 Å². The third kappa shape index (κ3) is 1.12. The first-order valence-corrected chi connectivity index (χ1v) is 4.28. The van der Waals surface area contributed by atoms with Crippen molar-refractivity contribution in [2.75, 3.05) is 0 Å². The number of aliphatic carboxylic acids is 2. The lowest BCUT2D eigenvalue weighted by Gasteiger charge is -2.33. The number of carboxylic acids is 2. The van der Waals surface area contributed by atoms with Crippen LogP contribution in [-0.2, 0) is 9.59 Å². The number of hydrogen-bond acceptors (Lipinski definition) is 2. The predicted molar refractivity (Wildman–Crippen MR) is 40.6 cm³/mol. The lowest BCUT2D eigenvalue weighted by atomic mass is 9.69. The highest BCUT2D eigenvalue weighted by Gasteiger charge is 2.69. The van der Waals surface area contributed by atoms with Gasteiger partial charge in [-0.15, -0.1) is 0 Å². The van der Waals surface area contributed by atoms with E-state index in [0.717, 1.165) is 0 Å². The summed E-state index contributed by atoms with van der Waals surface area (Å²) < 4.78 is 0. The molecule has 0 spiro atoms. The van der Waals surface area contributed by atoms with E-state index in [1.54, 1.807) is 0 Å². The SMILES string of the molecule is [Cl-].[NH3+][C@@]1(C(=O)O)C[C@@H]2C[C@H]1[C@H]2C(=O)O. The molecule has 0 unspecified atom stereocenters. The second-order valence-corrected chi connectivity index (χ2v) is 4.13. The van der Waals surface area contributed by atoms with Gasteiger partial charge in [0.2, 0.25) is 0 Å². The van der Waals surface area contributed by atoms with Crippen molar-refractivity contribution in [1.82, 2.24) is 0 Å². The highest BCUT2D eigenvalue weighted by Crippen LogP contribution is 2.57. The van der Waals surface area contributed by atoms with Gasteiger partial charge in [-0.05, 0) is 12.3 Å². The van der Waals surface area contributed by atoms with Gasteiger partial charge in [0.1, 0.15) is 0 Å². The van der Waals surface area contributed by atoms with E-state index < -0.39 is 23.4 Å². The van der Waals surface area contributed by atoms with Gasteiger partial charge in [0.25, 0.3) is 0 Å². The van der Waals surface area contributed by atoms with Crippen LogP contribution < -0.4 is 18.1 Å². The smallest absolute Gasteiger partial charge is 0.365 e. The minimum absolute atomic E-state index is 0. The van der Waals surface area contributed by atoms with Gasteiger partial charge < -0.3 is 28.4 Å². The molecule has 0 aliphatic heterocycles. The Balaban J connectivity index is 0.000000980. The number of rotatable bonds is 2. The Morgan fingerprint density at radius 2 is 1.93 bits per heavy atom. The summed E-state index contributed by atoms with van der Waals surface area (Å²) in [5, 5.41) is 17.7. The van der Waals surface area contributed by atoms with Crippen molar-refractivity contribution in [2.45, 2.75) is 18.4 Å². The maximum absolute atomic E-state index is 10.9. The van der Waals surface area contributed by atoms with Crippen molar-refractivity contribution >= 4 is 11.9 Å². The molecule has 80 valence electrons. The fourth-order valence-electron chi connectivity index (χ4n) is 2.77. The number of fused-ring (bicyclic) bond motifs is 1. The number of carboxylic acid groups (broad SMARTS) is 2. The average Bonchev–Trinajstić information content (AvgIpc) is 2.38. The van der Waals surface area contributed by atoms with Crippen LogP contribution in [-0.4, -0.2) is 27.7 Å². The molecule has 0 radical (unpaired) electrons. The number of halogens is 1. The molecule has 0 amide bonds. The quantitative estimate of drug-likeness (QED) is 0.440. The van der Waals surface area contributed by atoms with Crippen LogP contribution >= 0.6 is 0 Å². The zero-order valence-electron chi connectivity index (χ0n) is 7.44. The third-order valence-corrected chi connectivity index (χ3v) is 3.55. The summed E-state index contributed by atoms with van der Waals surface area (Å²) in [4.78, 5) is 21.6. The van der Waals surface area contributed by atoms with E-state index >= 15 is 0 Å². The van der Waals surface area contributed by atoms with Crippen molar-refractivity contribution in [3.63, 3.8) is 0 Å². The van der Waals surface area contributed by atoms with Crippen LogP contribution in [0, 0.1) is 17.8 Å². The van der Waals surface area contributed by atoms with Gasteiger partial charge in [-0.2, -0.15) is 0 Å². The monoisotopic (exact) mass is 221 g/mol. The second kappa shape index (κ2) is 3.10. The van der Waals surface area contributed by atoms with Gasteiger partial charge in [-0.3, -0.25) is 4.79 Å². The summed E-state index contributed by atoms with van der Waals surface area (Å²) in [6, 6.07) is 0. The lowest BCUT2D eigenvalue weighted by molar-refractivity contribution is -0.469. The molecule has 3 rings (SSSR count). The highest BCUT2D eigenvalue weighted by atomic mass is 35.5. The van der Waals surface area contributed by atoms with Crippen LogP contribution in [0.2, 0.25) is 0 Å². The summed E-state index contributed by atoms with van der Waals surface area (Å²) in [5.41, 5.74) is 2.63. The standard InChI is InChI=1S/C8H11NO4.ClH/c9-8(7(12)13)2-3-1-4(8)5(3)6(10)11;/h3-5H,1-2,9H2,(H,10,11)(H,12,13);1H/t3-,4-,5-,8-;/m0./s1. The predicted octanol–water partition coefficient (Wildman–Crippen LogP) is -4.20. The zero-order valence-corrected chi connectivity index (χ0v) is 8.20. The third-order valence-electron chi connectivity index (χ3n) is 3.55. The molecular weight excluding hydrogens is 210 g/mol. The Kier molecular flexibility index (Phi) is 2.49. The molecule has 3 aliphatic rings. The Bertz CT molecular complexity index is 295. The molecule has 6 heteroatoms. The van der Waals surface area contributed by atoms with E-state index in [2.05, 4.69) is 5.73 Å². The first-order valence-electron chi connectivity index (χ1n) is 4.28. The molecule has 0 aromatic rings. The van der Waals surface area contributed by atoms with Gasteiger partial charge in [0.15, 0.2) is 5.54 Å². The van der Waals surface area contributed by atoms with Crippen LogP contribution in [0.1, 0.15) is 12.8 Å². The molecule has 3 saturated carbocycles. The lowest BCUT2D eigenvalue weighted by Crippen LogP contribution is -3.00. The van der Waals surface area contributed by atoms with Crippen molar-refractivity contribution < 1.29 is 37.9 Å². The van der Waals surface area contributed by atoms with Crippen molar-refractivity contribution in [3.8, 4) is 0 Å². The van der Waals surface area contributed by atoms with Crippen LogP contribution in [0.3, 0.4) is 0 Å². The number of hydrogen-bond donors (Lipinski definition) is 3. The normalized spacial score (nSPS) is 43.6. The molecular formula is C8H12ClNO4. The average molecular weight is 222 g/mol. The minimum Gasteiger partial charge on any atom is -1.00 e. The molecule has 0 saturated heterocycles. The van der Waals surface area contributed by atoms with Crippen molar-refractivity contribution in [2.24, 2.45) is 17.8 Å². The van der Waals surface area contributed by atoms with Crippen molar-refractivity contribution in [1.29, 1.82) is 0 Å².